The molecule has 2 aliphatic rings. The summed E-state index contributed by atoms with van der Waals surface area (Å²) in [7, 11) is 0. The van der Waals surface area contributed by atoms with E-state index in [1.54, 1.807) is 13.0 Å². The molecule has 182 valence electrons. The number of hydrogen-bond acceptors (Lipinski definition) is 4. The van der Waals surface area contributed by atoms with Crippen molar-refractivity contribution >= 4 is 19.4 Å². The van der Waals surface area contributed by atoms with Gasteiger partial charge in [0.05, 0.1) is 5.56 Å². The van der Waals surface area contributed by atoms with Crippen molar-refractivity contribution < 1.29 is 27.6 Å². The van der Waals surface area contributed by atoms with Crippen LogP contribution in [0.25, 0.3) is 0 Å². The Morgan fingerprint density at radius 2 is 1.72 bits per heavy atom. The summed E-state index contributed by atoms with van der Waals surface area (Å²) in [4.78, 5) is 26.8. The van der Waals surface area contributed by atoms with Gasteiger partial charge in [-0.2, -0.15) is 13.2 Å². The van der Waals surface area contributed by atoms with Gasteiger partial charge < -0.3 is 14.9 Å². The van der Waals surface area contributed by atoms with Gasteiger partial charge in [-0.05, 0) is 74.5 Å². The molecule has 1 aromatic rings. The predicted molar refractivity (Wildman–Crippen MR) is 121 cm³/mol. The molecule has 0 amide bonds. The Morgan fingerprint density at radius 1 is 1.12 bits per heavy atom. The van der Waals surface area contributed by atoms with Crippen molar-refractivity contribution in [1.82, 2.24) is 5.32 Å². The van der Waals surface area contributed by atoms with E-state index in [2.05, 4.69) is 26.1 Å². The molecule has 1 heterocycles. The Hall–Kier alpha value is -2.02. The van der Waals surface area contributed by atoms with E-state index in [0.717, 1.165) is 43.5 Å². The zero-order valence-electron chi connectivity index (χ0n) is 19.8. The monoisotopic (exact) mass is 457 g/mol. The molecule has 0 bridgehead atoms. The lowest BCUT2D eigenvalue weighted by Crippen LogP contribution is -2.36. The molecule has 1 aliphatic carbocycles. The Labute approximate surface area is 190 Å². The first-order valence-corrected chi connectivity index (χ1v) is 10.9. The number of halogens is 3. The first-order valence-electron chi connectivity index (χ1n) is 10.9. The molecule has 1 aromatic carbocycles. The number of hydrogen-bond donors (Lipinski definition) is 1. The van der Waals surface area contributed by atoms with Gasteiger partial charge in [0.1, 0.15) is 19.4 Å². The highest BCUT2D eigenvalue weighted by Gasteiger charge is 2.38. The molecule has 7 heteroatoms. The van der Waals surface area contributed by atoms with Crippen LogP contribution in [0.3, 0.4) is 0 Å². The van der Waals surface area contributed by atoms with Crippen LogP contribution >= 0.6 is 0 Å². The highest BCUT2D eigenvalue weighted by molar-refractivity contribution is 5.78. The minimum atomic E-state index is -4.24. The summed E-state index contributed by atoms with van der Waals surface area (Å²) < 4.78 is 38.1. The van der Waals surface area contributed by atoms with Crippen LogP contribution < -0.4 is 5.32 Å². The van der Waals surface area contributed by atoms with E-state index < -0.39 is 11.7 Å². The number of Topliss-reactive ketones (excluding diaryl/α,β-unsaturated/α-hetero) is 1. The number of nitrogens with one attached hydrogen (secondary N) is 1. The van der Waals surface area contributed by atoms with Gasteiger partial charge in [0.25, 0.3) is 0 Å². The van der Waals surface area contributed by atoms with Crippen LogP contribution in [0, 0.1) is 23.2 Å². The average molecular weight is 458 g/mol. The van der Waals surface area contributed by atoms with E-state index in [0.29, 0.717) is 24.0 Å². The molecule has 0 aromatic heterocycles. The summed E-state index contributed by atoms with van der Waals surface area (Å²) in [6.45, 7) is 14.2. The van der Waals surface area contributed by atoms with E-state index in [1.807, 2.05) is 13.6 Å². The van der Waals surface area contributed by atoms with E-state index in [4.69, 9.17) is 9.59 Å². The molecule has 1 saturated carbocycles. The largest absolute Gasteiger partial charge is 0.416 e. The van der Waals surface area contributed by atoms with Crippen molar-refractivity contribution in [3.63, 3.8) is 0 Å². The van der Waals surface area contributed by atoms with Crippen LogP contribution in [0.4, 0.5) is 13.2 Å². The second-order valence-corrected chi connectivity index (χ2v) is 9.29. The second kappa shape index (κ2) is 14.2. The summed E-state index contributed by atoms with van der Waals surface area (Å²) >= 11 is 0. The Morgan fingerprint density at radius 3 is 2.12 bits per heavy atom. The van der Waals surface area contributed by atoms with Crippen molar-refractivity contribution in [1.29, 1.82) is 0 Å². The van der Waals surface area contributed by atoms with Crippen LogP contribution in [0.5, 0.6) is 0 Å². The smallest absolute Gasteiger partial charge is 0.316 e. The zero-order chi connectivity index (χ0) is 24.9. The fraction of sp³-hybridized carbons (Fsp3) is 0.640. The Balaban J connectivity index is 0.000000619. The third kappa shape index (κ3) is 10.1. The zero-order valence-corrected chi connectivity index (χ0v) is 19.8. The fourth-order valence-electron chi connectivity index (χ4n) is 4.27. The van der Waals surface area contributed by atoms with Crippen LogP contribution in [-0.4, -0.2) is 32.5 Å². The Bertz CT molecular complexity index is 677. The molecule has 4 nitrogen and oxygen atoms in total. The molecule has 1 N–H and O–H groups in total. The number of carbonyl (C=O) groups excluding carboxylic acids is 3. The van der Waals surface area contributed by atoms with Crippen molar-refractivity contribution in [2.24, 2.45) is 23.2 Å². The van der Waals surface area contributed by atoms with Crippen molar-refractivity contribution in [3.8, 4) is 0 Å². The lowest BCUT2D eigenvalue weighted by atomic mass is 9.61. The molecule has 0 radical (unpaired) electrons. The van der Waals surface area contributed by atoms with Gasteiger partial charge in [-0.3, -0.25) is 4.79 Å². The first-order chi connectivity index (χ1) is 15.0. The van der Waals surface area contributed by atoms with E-state index in [1.165, 1.54) is 25.0 Å². The number of rotatable bonds is 4. The maximum Gasteiger partial charge on any atom is 0.416 e. The molecule has 32 heavy (non-hydrogen) atoms. The van der Waals surface area contributed by atoms with Crippen molar-refractivity contribution in [2.45, 2.75) is 66.0 Å². The van der Waals surface area contributed by atoms with Gasteiger partial charge in [0, 0.05) is 12.5 Å². The number of piperidine rings is 1. The van der Waals surface area contributed by atoms with Gasteiger partial charge in [0.2, 0.25) is 0 Å². The van der Waals surface area contributed by atoms with Crippen molar-refractivity contribution in [2.75, 3.05) is 13.1 Å². The highest BCUT2D eigenvalue weighted by atomic mass is 19.4. The molecular formula is C25H38F3NO3. The average Bonchev–Trinajstić information content (AvgIpc) is 2.75. The van der Waals surface area contributed by atoms with Crippen LogP contribution in [0.15, 0.2) is 24.3 Å². The molecule has 3 rings (SSSR count). The van der Waals surface area contributed by atoms with Crippen molar-refractivity contribution in [3.05, 3.63) is 35.4 Å². The summed E-state index contributed by atoms with van der Waals surface area (Å²) in [6.07, 6.45) is 1.12. The van der Waals surface area contributed by atoms with Crippen LogP contribution in [0.2, 0.25) is 0 Å². The van der Waals surface area contributed by atoms with Gasteiger partial charge in [-0.1, -0.05) is 39.0 Å². The van der Waals surface area contributed by atoms with E-state index in [9.17, 15) is 18.0 Å². The van der Waals surface area contributed by atoms with Gasteiger partial charge >= 0.3 is 6.18 Å². The SMILES string of the molecule is C=O.C=O.CC(=O)C1CCCNC1.CC1CC(C(C)(C)Cc2cccc(C(F)(F)F)c2)C1. The van der Waals surface area contributed by atoms with Crippen LogP contribution in [-0.2, 0) is 27.0 Å². The Kier molecular flexibility index (Phi) is 13.3. The molecule has 1 unspecified atom stereocenters. The van der Waals surface area contributed by atoms with E-state index >= 15 is 0 Å². The second-order valence-electron chi connectivity index (χ2n) is 9.29. The minimum absolute atomic E-state index is 0.0801. The number of carbonyl (C=O) groups is 3. The number of benzene rings is 1. The van der Waals surface area contributed by atoms with Gasteiger partial charge in [0.15, 0.2) is 0 Å². The lowest BCUT2D eigenvalue weighted by Gasteiger charge is -2.44. The predicted octanol–water partition coefficient (Wildman–Crippen LogP) is 5.53. The molecule has 0 spiro atoms. The fourth-order valence-corrected chi connectivity index (χ4v) is 4.27. The molecule has 1 aliphatic heterocycles. The first kappa shape index (κ1) is 30.0. The summed E-state index contributed by atoms with van der Waals surface area (Å²) in [5.41, 5.74) is 0.332. The number of alkyl halides is 3. The van der Waals surface area contributed by atoms with Gasteiger partial charge in [-0.15, -0.1) is 0 Å². The topological polar surface area (TPSA) is 63.2 Å². The standard InChI is InChI=1S/C16H21F3.C7H13NO.2CH2O/c1-11-7-14(8-11)15(2,3)10-12-5-4-6-13(9-12)16(17,18)19;1-6(9)7-3-2-4-8-5-7;2*1-2/h4-6,9,11,14H,7-8,10H2,1-3H3;7-8H,2-5H2,1H3;2*1H2. The molecule has 1 saturated heterocycles. The van der Waals surface area contributed by atoms with E-state index in [-0.39, 0.29) is 5.41 Å². The quantitative estimate of drug-likeness (QED) is 0.646. The van der Waals surface area contributed by atoms with Gasteiger partial charge in [-0.25, -0.2) is 0 Å². The summed E-state index contributed by atoms with van der Waals surface area (Å²) in [5.74, 6) is 2.05. The third-order valence-electron chi connectivity index (χ3n) is 6.26. The lowest BCUT2D eigenvalue weighted by molar-refractivity contribution is -0.137. The molecule has 2 fully saturated rings. The normalized spacial score (nSPS) is 22.4. The highest BCUT2D eigenvalue weighted by Crippen LogP contribution is 2.47. The van der Waals surface area contributed by atoms with Crippen LogP contribution in [0.1, 0.15) is 64.5 Å². The molecular weight excluding hydrogens is 419 g/mol. The maximum atomic E-state index is 12.7. The third-order valence-corrected chi connectivity index (χ3v) is 6.26. The maximum absolute atomic E-state index is 12.7. The molecule has 1 atom stereocenters. The number of ketones is 1. The summed E-state index contributed by atoms with van der Waals surface area (Å²) in [6, 6.07) is 5.75. The minimum Gasteiger partial charge on any atom is -0.316 e. The summed E-state index contributed by atoms with van der Waals surface area (Å²) in [5, 5.41) is 3.20.